The Morgan fingerprint density at radius 3 is 2.33 bits per heavy atom. The summed E-state index contributed by atoms with van der Waals surface area (Å²) in [5, 5.41) is 2.12. The largest absolute Gasteiger partial charge is 0.489 e. The van der Waals surface area contributed by atoms with Gasteiger partial charge in [-0.05, 0) is 41.5 Å². The van der Waals surface area contributed by atoms with E-state index in [2.05, 4.69) is 6.58 Å². The predicted octanol–water partition coefficient (Wildman–Crippen LogP) is 5.02. The summed E-state index contributed by atoms with van der Waals surface area (Å²) in [7, 11) is 0. The van der Waals surface area contributed by atoms with Gasteiger partial charge in [-0.1, -0.05) is 45.5 Å². The van der Waals surface area contributed by atoms with Crippen LogP contribution in [0.15, 0.2) is 48.6 Å². The summed E-state index contributed by atoms with van der Waals surface area (Å²) < 4.78 is 5.64. The molecule has 110 valence electrons. The van der Waals surface area contributed by atoms with Gasteiger partial charge in [0.15, 0.2) is 5.78 Å². The van der Waals surface area contributed by atoms with Gasteiger partial charge in [0.25, 0.3) is 0 Å². The first-order chi connectivity index (χ1) is 9.77. The molecule has 0 aliphatic heterocycles. The first-order valence-electron chi connectivity index (χ1n) is 7.13. The van der Waals surface area contributed by atoms with Crippen LogP contribution in [0.1, 0.15) is 38.1 Å². The quantitative estimate of drug-likeness (QED) is 0.581. The third kappa shape index (κ3) is 3.72. The van der Waals surface area contributed by atoms with Gasteiger partial charge in [0.1, 0.15) is 12.4 Å². The molecule has 2 heteroatoms. The smallest absolute Gasteiger partial charge is 0.168 e. The Morgan fingerprint density at radius 2 is 1.71 bits per heavy atom. The van der Waals surface area contributed by atoms with Gasteiger partial charge in [-0.15, -0.1) is 0 Å². The molecule has 2 rings (SSSR count). The van der Waals surface area contributed by atoms with Crippen molar-refractivity contribution in [1.29, 1.82) is 0 Å². The Kier molecular flexibility index (Phi) is 4.17. The minimum atomic E-state index is -0.363. The number of carbonyl (C=O) groups excluding carboxylic acids is 1. The highest BCUT2D eigenvalue weighted by atomic mass is 16.5. The summed E-state index contributed by atoms with van der Waals surface area (Å²) in [4.78, 5) is 12.3. The van der Waals surface area contributed by atoms with Crippen molar-refractivity contribution in [2.75, 3.05) is 6.61 Å². The molecule has 0 fully saturated rings. The van der Waals surface area contributed by atoms with E-state index in [1.807, 2.05) is 64.1 Å². The molecule has 0 N–H and O–H groups in total. The van der Waals surface area contributed by atoms with E-state index in [0.29, 0.717) is 6.61 Å². The van der Waals surface area contributed by atoms with Crippen molar-refractivity contribution >= 4 is 16.6 Å². The highest BCUT2D eigenvalue weighted by molar-refractivity contribution is 6.02. The minimum Gasteiger partial charge on any atom is -0.489 e. The first-order valence-corrected chi connectivity index (χ1v) is 7.13. The standard InChI is InChI=1S/C19H22O2/c1-13(2)12-21-17-9-8-14-10-16(7-6-15(14)11-17)18(20)19(3,4)5/h6-11H,1,12H2,2-5H3. The molecule has 21 heavy (non-hydrogen) atoms. The third-order valence-corrected chi connectivity index (χ3v) is 3.24. The van der Waals surface area contributed by atoms with Crippen molar-refractivity contribution < 1.29 is 9.53 Å². The maximum Gasteiger partial charge on any atom is 0.168 e. The zero-order valence-corrected chi connectivity index (χ0v) is 13.2. The average molecular weight is 282 g/mol. The fourth-order valence-electron chi connectivity index (χ4n) is 2.09. The third-order valence-electron chi connectivity index (χ3n) is 3.24. The molecule has 0 aromatic heterocycles. The number of rotatable bonds is 4. The van der Waals surface area contributed by atoms with E-state index >= 15 is 0 Å². The summed E-state index contributed by atoms with van der Waals surface area (Å²) in [6.07, 6.45) is 0. The lowest BCUT2D eigenvalue weighted by atomic mass is 9.86. The molecule has 0 aliphatic rings. The maximum absolute atomic E-state index is 12.3. The summed E-state index contributed by atoms with van der Waals surface area (Å²) in [6, 6.07) is 11.7. The van der Waals surface area contributed by atoms with E-state index in [0.717, 1.165) is 27.7 Å². The lowest BCUT2D eigenvalue weighted by Gasteiger charge is -2.17. The SMILES string of the molecule is C=C(C)COc1ccc2cc(C(=O)C(C)(C)C)ccc2c1. The zero-order chi connectivity index (χ0) is 15.6. The van der Waals surface area contributed by atoms with E-state index in [4.69, 9.17) is 4.74 Å². The molecule has 0 aliphatic carbocycles. The molecule has 0 unspecified atom stereocenters. The van der Waals surface area contributed by atoms with E-state index in [1.54, 1.807) is 0 Å². The highest BCUT2D eigenvalue weighted by Gasteiger charge is 2.22. The highest BCUT2D eigenvalue weighted by Crippen LogP contribution is 2.26. The number of fused-ring (bicyclic) bond motifs is 1. The molecule has 0 heterocycles. The lowest BCUT2D eigenvalue weighted by Crippen LogP contribution is -2.19. The molecule has 0 spiro atoms. The Balaban J connectivity index is 2.31. The molecule has 0 bridgehead atoms. The average Bonchev–Trinajstić information content (AvgIpc) is 2.42. The van der Waals surface area contributed by atoms with Crippen LogP contribution in [0.5, 0.6) is 5.75 Å². The number of Topliss-reactive ketones (excluding diaryl/α,β-unsaturated/α-hetero) is 1. The van der Waals surface area contributed by atoms with Crippen molar-refractivity contribution in [2.45, 2.75) is 27.7 Å². The Bertz CT molecular complexity index is 690. The summed E-state index contributed by atoms with van der Waals surface area (Å²) in [5.41, 5.74) is 1.38. The van der Waals surface area contributed by atoms with Crippen LogP contribution in [0.4, 0.5) is 0 Å². The fourth-order valence-corrected chi connectivity index (χ4v) is 2.09. The molecular formula is C19H22O2. The topological polar surface area (TPSA) is 26.3 Å². The Morgan fingerprint density at radius 1 is 1.10 bits per heavy atom. The van der Waals surface area contributed by atoms with Crippen LogP contribution in [0, 0.1) is 5.41 Å². The number of hydrogen-bond acceptors (Lipinski definition) is 2. The molecule has 0 saturated carbocycles. The number of ether oxygens (including phenoxy) is 1. The molecule has 0 atom stereocenters. The van der Waals surface area contributed by atoms with Crippen LogP contribution in [0.25, 0.3) is 10.8 Å². The van der Waals surface area contributed by atoms with Crippen molar-refractivity contribution in [3.8, 4) is 5.75 Å². The van der Waals surface area contributed by atoms with Gasteiger partial charge in [0.2, 0.25) is 0 Å². The normalized spacial score (nSPS) is 11.4. The molecule has 0 saturated heterocycles. The maximum atomic E-state index is 12.3. The zero-order valence-electron chi connectivity index (χ0n) is 13.2. The van der Waals surface area contributed by atoms with Gasteiger partial charge >= 0.3 is 0 Å². The van der Waals surface area contributed by atoms with Gasteiger partial charge in [-0.2, -0.15) is 0 Å². The molecular weight excluding hydrogens is 260 g/mol. The predicted molar refractivity (Wildman–Crippen MR) is 88.0 cm³/mol. The van der Waals surface area contributed by atoms with E-state index in [-0.39, 0.29) is 11.2 Å². The minimum absolute atomic E-state index is 0.159. The molecule has 0 radical (unpaired) electrons. The molecule has 2 aromatic rings. The van der Waals surface area contributed by atoms with Crippen LogP contribution < -0.4 is 4.74 Å². The fraction of sp³-hybridized carbons (Fsp3) is 0.316. The molecule has 0 amide bonds. The van der Waals surface area contributed by atoms with Crippen LogP contribution in [-0.4, -0.2) is 12.4 Å². The number of ketones is 1. The first kappa shape index (κ1) is 15.3. The van der Waals surface area contributed by atoms with E-state index < -0.39 is 0 Å². The second-order valence-corrected chi connectivity index (χ2v) is 6.55. The van der Waals surface area contributed by atoms with Crippen molar-refractivity contribution in [2.24, 2.45) is 5.41 Å². The monoisotopic (exact) mass is 282 g/mol. The van der Waals surface area contributed by atoms with Crippen LogP contribution >= 0.6 is 0 Å². The van der Waals surface area contributed by atoms with Gasteiger partial charge in [-0.25, -0.2) is 0 Å². The summed E-state index contributed by atoms with van der Waals surface area (Å²) in [5.74, 6) is 0.979. The molecule has 2 nitrogen and oxygen atoms in total. The van der Waals surface area contributed by atoms with Crippen molar-refractivity contribution in [3.05, 3.63) is 54.1 Å². The van der Waals surface area contributed by atoms with Crippen molar-refractivity contribution in [3.63, 3.8) is 0 Å². The Labute approximate surface area is 126 Å². The number of carbonyl (C=O) groups is 1. The van der Waals surface area contributed by atoms with Crippen LogP contribution in [-0.2, 0) is 0 Å². The van der Waals surface area contributed by atoms with E-state index in [1.165, 1.54) is 0 Å². The number of hydrogen-bond donors (Lipinski definition) is 0. The van der Waals surface area contributed by atoms with Gasteiger partial charge < -0.3 is 4.74 Å². The summed E-state index contributed by atoms with van der Waals surface area (Å²) in [6.45, 7) is 12.1. The van der Waals surface area contributed by atoms with Crippen LogP contribution in [0.3, 0.4) is 0 Å². The van der Waals surface area contributed by atoms with Crippen molar-refractivity contribution in [1.82, 2.24) is 0 Å². The van der Waals surface area contributed by atoms with E-state index in [9.17, 15) is 4.79 Å². The van der Waals surface area contributed by atoms with Gasteiger partial charge in [-0.3, -0.25) is 4.79 Å². The van der Waals surface area contributed by atoms with Crippen LogP contribution in [0.2, 0.25) is 0 Å². The number of benzene rings is 2. The molecule has 2 aromatic carbocycles. The second kappa shape index (κ2) is 5.72. The summed E-state index contributed by atoms with van der Waals surface area (Å²) >= 11 is 0. The Hall–Kier alpha value is -2.09. The van der Waals surface area contributed by atoms with Gasteiger partial charge in [0.05, 0.1) is 0 Å². The van der Waals surface area contributed by atoms with Gasteiger partial charge in [0, 0.05) is 11.0 Å². The second-order valence-electron chi connectivity index (χ2n) is 6.55. The lowest BCUT2D eigenvalue weighted by molar-refractivity contribution is 0.0858.